The third kappa shape index (κ3) is 5.48. The number of rotatable bonds is 7. The summed E-state index contributed by atoms with van der Waals surface area (Å²) in [4.78, 5) is 12.1. The van der Waals surface area contributed by atoms with Gasteiger partial charge >= 0.3 is 0 Å². The minimum Gasteiger partial charge on any atom is -0.325 e. The first-order valence-electron chi connectivity index (χ1n) is 7.91. The summed E-state index contributed by atoms with van der Waals surface area (Å²) >= 11 is 0. The molecule has 0 aromatic heterocycles. The molecule has 0 spiro atoms. The van der Waals surface area contributed by atoms with Gasteiger partial charge in [0.15, 0.2) is 0 Å². The molecular formula is C18H22N2O4S2. The van der Waals surface area contributed by atoms with Crippen LogP contribution in [0.15, 0.2) is 53.4 Å². The van der Waals surface area contributed by atoms with Gasteiger partial charge in [-0.3, -0.25) is 9.00 Å². The van der Waals surface area contributed by atoms with Crippen molar-refractivity contribution >= 4 is 32.4 Å². The fraction of sp³-hybridized carbons (Fsp3) is 0.278. The maximum Gasteiger partial charge on any atom is 0.242 e. The fourth-order valence-corrected chi connectivity index (χ4v) is 4.21. The number of hydrogen-bond donors (Lipinski definition) is 1. The molecule has 0 radical (unpaired) electrons. The molecule has 140 valence electrons. The molecule has 26 heavy (non-hydrogen) atoms. The van der Waals surface area contributed by atoms with Crippen LogP contribution >= 0.6 is 0 Å². The van der Waals surface area contributed by atoms with E-state index in [1.54, 1.807) is 24.3 Å². The van der Waals surface area contributed by atoms with Crippen LogP contribution in [-0.4, -0.2) is 42.7 Å². The average molecular weight is 395 g/mol. The molecule has 0 fully saturated rings. The van der Waals surface area contributed by atoms with E-state index in [0.29, 0.717) is 11.3 Å². The largest absolute Gasteiger partial charge is 0.325 e. The molecule has 1 unspecified atom stereocenters. The molecule has 2 rings (SSSR count). The van der Waals surface area contributed by atoms with Crippen molar-refractivity contribution in [1.82, 2.24) is 4.31 Å². The Kier molecular flexibility index (Phi) is 6.69. The Hall–Kier alpha value is -2.03. The van der Waals surface area contributed by atoms with Gasteiger partial charge in [-0.15, -0.1) is 0 Å². The molecule has 2 aromatic rings. The van der Waals surface area contributed by atoms with Gasteiger partial charge in [0.25, 0.3) is 0 Å². The van der Waals surface area contributed by atoms with E-state index in [2.05, 4.69) is 5.32 Å². The van der Waals surface area contributed by atoms with E-state index >= 15 is 0 Å². The monoisotopic (exact) mass is 394 g/mol. The Morgan fingerprint density at radius 2 is 1.77 bits per heavy atom. The number of amides is 1. The Bertz CT molecular complexity index is 907. The predicted molar refractivity (Wildman–Crippen MR) is 104 cm³/mol. The molecule has 1 N–H and O–H groups in total. The first kappa shape index (κ1) is 20.3. The van der Waals surface area contributed by atoms with Gasteiger partial charge in [-0.05, 0) is 36.8 Å². The second kappa shape index (κ2) is 8.57. The number of anilines is 1. The maximum atomic E-state index is 12.3. The standard InChI is InChI=1S/C18H22N2O4S2/c1-14-7-9-16(10-8-14)19-18(21)13-25(22)12-15-5-4-6-17(11-15)26(23,24)20(2)3/h4-11H,12-13H2,1-3H3,(H,19,21). The summed E-state index contributed by atoms with van der Waals surface area (Å²) in [6.45, 7) is 1.95. The lowest BCUT2D eigenvalue weighted by Crippen LogP contribution is -2.22. The van der Waals surface area contributed by atoms with Crippen molar-refractivity contribution in [2.75, 3.05) is 25.2 Å². The molecule has 1 atom stereocenters. The van der Waals surface area contributed by atoms with Crippen LogP contribution in [0, 0.1) is 6.92 Å². The summed E-state index contributed by atoms with van der Waals surface area (Å²) in [5, 5.41) is 2.70. The third-order valence-corrected chi connectivity index (χ3v) is 6.68. The zero-order valence-electron chi connectivity index (χ0n) is 14.9. The molecule has 0 aliphatic rings. The number of benzene rings is 2. The topological polar surface area (TPSA) is 83.5 Å². The highest BCUT2D eigenvalue weighted by atomic mass is 32.2. The predicted octanol–water partition coefficient (Wildman–Crippen LogP) is 2.13. The van der Waals surface area contributed by atoms with Gasteiger partial charge in [-0.25, -0.2) is 12.7 Å². The number of sulfonamides is 1. The van der Waals surface area contributed by atoms with Crippen LogP contribution in [-0.2, 0) is 31.4 Å². The van der Waals surface area contributed by atoms with E-state index in [4.69, 9.17) is 0 Å². The summed E-state index contributed by atoms with van der Waals surface area (Å²) in [6, 6.07) is 13.6. The summed E-state index contributed by atoms with van der Waals surface area (Å²) in [5.74, 6) is -0.388. The Morgan fingerprint density at radius 3 is 2.38 bits per heavy atom. The van der Waals surface area contributed by atoms with Gasteiger partial charge in [0.1, 0.15) is 5.75 Å². The second-order valence-electron chi connectivity index (χ2n) is 6.08. The molecule has 0 saturated carbocycles. The van der Waals surface area contributed by atoms with Crippen LogP contribution in [0.5, 0.6) is 0 Å². The molecule has 0 aliphatic heterocycles. The smallest absolute Gasteiger partial charge is 0.242 e. The highest BCUT2D eigenvalue weighted by Gasteiger charge is 2.18. The van der Waals surface area contributed by atoms with E-state index < -0.39 is 20.8 Å². The Balaban J connectivity index is 1.99. The van der Waals surface area contributed by atoms with E-state index in [-0.39, 0.29) is 22.3 Å². The van der Waals surface area contributed by atoms with Crippen molar-refractivity contribution < 1.29 is 17.4 Å². The minimum absolute atomic E-state index is 0.109. The number of nitrogens with zero attached hydrogens (tertiary/aromatic N) is 1. The van der Waals surface area contributed by atoms with Crippen LogP contribution in [0.25, 0.3) is 0 Å². The maximum absolute atomic E-state index is 12.3. The van der Waals surface area contributed by atoms with Gasteiger partial charge in [0, 0.05) is 36.3 Å². The van der Waals surface area contributed by atoms with Crippen LogP contribution in [0.1, 0.15) is 11.1 Å². The first-order chi connectivity index (χ1) is 12.2. The first-order valence-corrected chi connectivity index (χ1v) is 10.8. The molecular weight excluding hydrogens is 372 g/mol. The van der Waals surface area contributed by atoms with Gasteiger partial charge < -0.3 is 5.32 Å². The van der Waals surface area contributed by atoms with Crippen LogP contribution in [0.2, 0.25) is 0 Å². The lowest BCUT2D eigenvalue weighted by molar-refractivity contribution is -0.113. The third-order valence-electron chi connectivity index (χ3n) is 3.63. The number of aryl methyl sites for hydroxylation is 1. The molecule has 0 aliphatic carbocycles. The number of carbonyl (C=O) groups excluding carboxylic acids is 1. The van der Waals surface area contributed by atoms with Crippen molar-refractivity contribution in [3.05, 3.63) is 59.7 Å². The fourth-order valence-electron chi connectivity index (χ4n) is 2.22. The Morgan fingerprint density at radius 1 is 1.12 bits per heavy atom. The van der Waals surface area contributed by atoms with Crippen molar-refractivity contribution in [1.29, 1.82) is 0 Å². The molecule has 2 aromatic carbocycles. The van der Waals surface area contributed by atoms with Gasteiger partial charge in [0.05, 0.1) is 4.90 Å². The number of carbonyl (C=O) groups is 1. The molecule has 6 nitrogen and oxygen atoms in total. The second-order valence-corrected chi connectivity index (χ2v) is 9.69. The molecule has 0 bridgehead atoms. The summed E-state index contributed by atoms with van der Waals surface area (Å²) in [6.07, 6.45) is 0. The van der Waals surface area contributed by atoms with Crippen LogP contribution in [0.3, 0.4) is 0 Å². The molecule has 8 heteroatoms. The highest BCUT2D eigenvalue weighted by Crippen LogP contribution is 2.16. The minimum atomic E-state index is -3.55. The molecule has 1 amide bonds. The normalized spacial score (nSPS) is 12.8. The van der Waals surface area contributed by atoms with Crippen LogP contribution in [0.4, 0.5) is 5.69 Å². The summed E-state index contributed by atoms with van der Waals surface area (Å²) in [5.41, 5.74) is 2.34. The quantitative estimate of drug-likeness (QED) is 0.780. The zero-order chi connectivity index (χ0) is 19.3. The van der Waals surface area contributed by atoms with Gasteiger partial charge in [-0.1, -0.05) is 29.8 Å². The average Bonchev–Trinajstić information content (AvgIpc) is 2.56. The molecule has 0 saturated heterocycles. The van der Waals surface area contributed by atoms with Crippen LogP contribution < -0.4 is 5.32 Å². The zero-order valence-corrected chi connectivity index (χ0v) is 16.6. The highest BCUT2D eigenvalue weighted by molar-refractivity contribution is 7.89. The van der Waals surface area contributed by atoms with Crippen molar-refractivity contribution in [3.63, 3.8) is 0 Å². The van der Waals surface area contributed by atoms with E-state index in [9.17, 15) is 17.4 Å². The number of hydrogen-bond acceptors (Lipinski definition) is 4. The van der Waals surface area contributed by atoms with Gasteiger partial charge in [-0.2, -0.15) is 0 Å². The number of nitrogens with one attached hydrogen (secondary N) is 1. The van der Waals surface area contributed by atoms with Crippen molar-refractivity contribution in [3.8, 4) is 0 Å². The summed E-state index contributed by atoms with van der Waals surface area (Å²) < 4.78 is 37.7. The van der Waals surface area contributed by atoms with Crippen molar-refractivity contribution in [2.45, 2.75) is 17.6 Å². The van der Waals surface area contributed by atoms with E-state index in [0.717, 1.165) is 9.87 Å². The van der Waals surface area contributed by atoms with E-state index in [1.165, 1.54) is 26.2 Å². The lowest BCUT2D eigenvalue weighted by Gasteiger charge is -2.12. The van der Waals surface area contributed by atoms with E-state index in [1.807, 2.05) is 19.1 Å². The van der Waals surface area contributed by atoms with Crippen molar-refractivity contribution in [2.24, 2.45) is 0 Å². The summed E-state index contributed by atoms with van der Waals surface area (Å²) in [7, 11) is -2.08. The molecule has 0 heterocycles. The SMILES string of the molecule is Cc1ccc(NC(=O)CS(=O)Cc2cccc(S(=O)(=O)N(C)C)c2)cc1. The van der Waals surface area contributed by atoms with Gasteiger partial charge in [0.2, 0.25) is 15.9 Å². The lowest BCUT2D eigenvalue weighted by atomic mass is 10.2. The Labute approximate surface area is 156 Å².